The van der Waals surface area contributed by atoms with Gasteiger partial charge in [-0.2, -0.15) is 0 Å². The molecule has 0 aliphatic heterocycles. The molecule has 0 bridgehead atoms. The van der Waals surface area contributed by atoms with E-state index < -0.39 is 5.91 Å². The second-order valence-electron chi connectivity index (χ2n) is 5.91. The zero-order valence-electron chi connectivity index (χ0n) is 15.9. The summed E-state index contributed by atoms with van der Waals surface area (Å²) in [6.07, 6.45) is 0.785. The lowest BCUT2D eigenvalue weighted by molar-refractivity contribution is -0.128. The first kappa shape index (κ1) is 25.4. The Morgan fingerprint density at radius 2 is 1.56 bits per heavy atom. The number of hydrogen-bond donors (Lipinski definition) is 2. The normalized spacial score (nSPS) is 12.4. The Hall–Kier alpha value is -1.80. The van der Waals surface area contributed by atoms with Crippen LogP contribution in [0.3, 0.4) is 0 Å². The molecule has 2 atom stereocenters. The van der Waals surface area contributed by atoms with Gasteiger partial charge in [0, 0.05) is 12.6 Å². The molecule has 0 spiro atoms. The zero-order chi connectivity index (χ0) is 19.8. The van der Waals surface area contributed by atoms with Crippen molar-refractivity contribution in [2.24, 2.45) is 5.73 Å². The molecule has 8 heteroatoms. The van der Waals surface area contributed by atoms with Gasteiger partial charge in [-0.15, -0.1) is 0 Å². The fourth-order valence-corrected chi connectivity index (χ4v) is 1.59. The van der Waals surface area contributed by atoms with E-state index in [2.05, 4.69) is 18.0 Å². The standard InChI is InChI=1S/C13H25NO4.C4H7NO2/c1-5-6-17-9-12(4)18-8-10(2)14-13(16)7-11(3)15;1-3(6)2-4(5)7/h10,12H,5-9H2,1-4H3,(H,14,16);2H2,1H3,(H2,5,7). The van der Waals surface area contributed by atoms with Crippen LogP contribution in [0.2, 0.25) is 0 Å². The Labute approximate surface area is 149 Å². The lowest BCUT2D eigenvalue weighted by Crippen LogP contribution is -2.37. The Bertz CT molecular complexity index is 413. The first-order valence-corrected chi connectivity index (χ1v) is 8.34. The second-order valence-corrected chi connectivity index (χ2v) is 5.91. The first-order valence-electron chi connectivity index (χ1n) is 8.34. The monoisotopic (exact) mass is 360 g/mol. The third-order valence-corrected chi connectivity index (χ3v) is 2.57. The third-order valence-electron chi connectivity index (χ3n) is 2.57. The van der Waals surface area contributed by atoms with Crippen molar-refractivity contribution in [2.45, 2.75) is 66.0 Å². The molecule has 0 aromatic carbocycles. The molecule has 8 nitrogen and oxygen atoms in total. The second kappa shape index (κ2) is 15.7. The van der Waals surface area contributed by atoms with E-state index in [4.69, 9.17) is 9.47 Å². The Morgan fingerprint density at radius 3 is 1.96 bits per heavy atom. The van der Waals surface area contributed by atoms with Gasteiger partial charge in [-0.1, -0.05) is 6.92 Å². The number of ether oxygens (including phenoxy) is 2. The number of nitrogens with two attached hydrogens (primary N) is 1. The van der Waals surface area contributed by atoms with E-state index in [1.54, 1.807) is 0 Å². The van der Waals surface area contributed by atoms with Crippen molar-refractivity contribution >= 4 is 23.4 Å². The average molecular weight is 360 g/mol. The third kappa shape index (κ3) is 22.2. The summed E-state index contributed by atoms with van der Waals surface area (Å²) < 4.78 is 10.9. The number of ketones is 2. The van der Waals surface area contributed by atoms with Crippen molar-refractivity contribution in [1.82, 2.24) is 5.32 Å². The highest BCUT2D eigenvalue weighted by Crippen LogP contribution is 1.96. The summed E-state index contributed by atoms with van der Waals surface area (Å²) in [4.78, 5) is 41.8. The Morgan fingerprint density at radius 1 is 1.00 bits per heavy atom. The molecule has 0 radical (unpaired) electrons. The minimum absolute atomic E-state index is 0.00343. The summed E-state index contributed by atoms with van der Waals surface area (Å²) in [6.45, 7) is 10.3. The van der Waals surface area contributed by atoms with Crippen LogP contribution in [0.1, 0.15) is 53.9 Å². The van der Waals surface area contributed by atoms with Gasteiger partial charge in [0.25, 0.3) is 0 Å². The van der Waals surface area contributed by atoms with Gasteiger partial charge in [0.15, 0.2) is 0 Å². The van der Waals surface area contributed by atoms with Crippen LogP contribution in [0.25, 0.3) is 0 Å². The SMILES string of the molecule is CC(=O)CC(N)=O.CCCOCC(C)OCC(C)NC(=O)CC(C)=O. The van der Waals surface area contributed by atoms with Crippen molar-refractivity contribution in [2.75, 3.05) is 19.8 Å². The number of primary amides is 1. The van der Waals surface area contributed by atoms with Gasteiger partial charge >= 0.3 is 0 Å². The lowest BCUT2D eigenvalue weighted by Gasteiger charge is -2.18. The molecule has 25 heavy (non-hydrogen) atoms. The highest BCUT2D eigenvalue weighted by molar-refractivity contribution is 5.97. The largest absolute Gasteiger partial charge is 0.379 e. The van der Waals surface area contributed by atoms with E-state index >= 15 is 0 Å². The van der Waals surface area contributed by atoms with Gasteiger partial charge in [0.05, 0.1) is 32.2 Å². The van der Waals surface area contributed by atoms with Gasteiger partial charge < -0.3 is 20.5 Å². The van der Waals surface area contributed by atoms with Crippen LogP contribution >= 0.6 is 0 Å². The molecule has 0 rings (SSSR count). The predicted molar refractivity (Wildman–Crippen MR) is 93.9 cm³/mol. The quantitative estimate of drug-likeness (QED) is 0.391. The molecule has 0 aromatic heterocycles. The van der Waals surface area contributed by atoms with Crippen LogP contribution in [0.4, 0.5) is 0 Å². The number of rotatable bonds is 12. The molecule has 0 aliphatic carbocycles. The van der Waals surface area contributed by atoms with Crippen LogP contribution in [0.15, 0.2) is 0 Å². The molecule has 0 saturated carbocycles. The van der Waals surface area contributed by atoms with E-state index in [9.17, 15) is 19.2 Å². The average Bonchev–Trinajstić information content (AvgIpc) is 2.43. The number of amides is 2. The van der Waals surface area contributed by atoms with Crippen molar-refractivity contribution in [1.29, 1.82) is 0 Å². The van der Waals surface area contributed by atoms with Crippen molar-refractivity contribution < 1.29 is 28.7 Å². The molecule has 0 aliphatic rings. The minimum atomic E-state index is -0.562. The molecule has 0 fully saturated rings. The summed E-state index contributed by atoms with van der Waals surface area (Å²) in [5.74, 6) is -1.14. The summed E-state index contributed by atoms with van der Waals surface area (Å²) in [5, 5.41) is 2.71. The zero-order valence-corrected chi connectivity index (χ0v) is 15.9. The molecule has 0 saturated heterocycles. The van der Waals surface area contributed by atoms with E-state index in [0.717, 1.165) is 13.0 Å². The molecule has 2 amide bonds. The first-order chi connectivity index (χ1) is 11.6. The van der Waals surface area contributed by atoms with Crippen LogP contribution in [0, 0.1) is 0 Å². The lowest BCUT2D eigenvalue weighted by atomic mass is 10.2. The molecule has 2 unspecified atom stereocenters. The molecular weight excluding hydrogens is 328 g/mol. The Balaban J connectivity index is 0. The highest BCUT2D eigenvalue weighted by atomic mass is 16.5. The van der Waals surface area contributed by atoms with Crippen LogP contribution in [-0.4, -0.2) is 55.3 Å². The predicted octanol–water partition coefficient (Wildman–Crippen LogP) is 0.753. The van der Waals surface area contributed by atoms with Gasteiger partial charge in [0.1, 0.15) is 11.6 Å². The Kier molecular flexibility index (Phi) is 16.0. The van der Waals surface area contributed by atoms with E-state index in [1.165, 1.54) is 13.8 Å². The molecule has 3 N–H and O–H groups in total. The van der Waals surface area contributed by atoms with E-state index in [1.807, 2.05) is 13.8 Å². The van der Waals surface area contributed by atoms with E-state index in [-0.39, 0.29) is 42.5 Å². The fourth-order valence-electron chi connectivity index (χ4n) is 1.59. The fraction of sp³-hybridized carbons (Fsp3) is 0.765. The van der Waals surface area contributed by atoms with Gasteiger partial charge in [-0.05, 0) is 34.1 Å². The maximum Gasteiger partial charge on any atom is 0.227 e. The van der Waals surface area contributed by atoms with Gasteiger partial charge in [-0.3, -0.25) is 19.2 Å². The number of Topliss-reactive ketones (excluding diaryl/α,β-unsaturated/α-hetero) is 2. The molecule has 0 aromatic rings. The van der Waals surface area contributed by atoms with Crippen LogP contribution in [0.5, 0.6) is 0 Å². The van der Waals surface area contributed by atoms with E-state index in [0.29, 0.717) is 13.2 Å². The highest BCUT2D eigenvalue weighted by Gasteiger charge is 2.11. The minimum Gasteiger partial charge on any atom is -0.379 e. The summed E-state index contributed by atoms with van der Waals surface area (Å²) in [6, 6.07) is -0.106. The number of hydrogen-bond acceptors (Lipinski definition) is 6. The maximum atomic E-state index is 11.3. The van der Waals surface area contributed by atoms with Crippen molar-refractivity contribution in [3.63, 3.8) is 0 Å². The molecule has 146 valence electrons. The number of carbonyl (C=O) groups excluding carboxylic acids is 4. The number of nitrogens with one attached hydrogen (secondary N) is 1. The summed E-state index contributed by atoms with van der Waals surface area (Å²) >= 11 is 0. The summed E-state index contributed by atoms with van der Waals surface area (Å²) in [7, 11) is 0. The van der Waals surface area contributed by atoms with Crippen molar-refractivity contribution in [3.05, 3.63) is 0 Å². The van der Waals surface area contributed by atoms with Crippen molar-refractivity contribution in [3.8, 4) is 0 Å². The molecule has 0 heterocycles. The smallest absolute Gasteiger partial charge is 0.227 e. The topological polar surface area (TPSA) is 125 Å². The number of carbonyl (C=O) groups is 4. The van der Waals surface area contributed by atoms with Gasteiger partial charge in [0.2, 0.25) is 11.8 Å². The van der Waals surface area contributed by atoms with Crippen LogP contribution < -0.4 is 11.1 Å². The van der Waals surface area contributed by atoms with Crippen LogP contribution in [-0.2, 0) is 28.7 Å². The maximum absolute atomic E-state index is 11.3. The molecular formula is C17H32N2O6. The summed E-state index contributed by atoms with van der Waals surface area (Å²) in [5.41, 5.74) is 4.63. The van der Waals surface area contributed by atoms with Gasteiger partial charge in [-0.25, -0.2) is 0 Å².